The highest BCUT2D eigenvalue weighted by Crippen LogP contribution is 2.14. The molecule has 0 fully saturated rings. The molecule has 9 N–H and O–H groups in total. The number of amides is 6. The number of carbonyl (C=O) groups excluding carboxylic acids is 6. The van der Waals surface area contributed by atoms with Crippen LogP contribution in [-0.4, -0.2) is 93.7 Å². The van der Waals surface area contributed by atoms with Crippen molar-refractivity contribution < 1.29 is 57.9 Å². The van der Waals surface area contributed by atoms with Gasteiger partial charge < -0.3 is 42.5 Å². The Kier molecular flexibility index (Phi) is 16.1. The Labute approximate surface area is 288 Å². The second-order valence-electron chi connectivity index (χ2n) is 11.0. The van der Waals surface area contributed by atoms with E-state index in [0.29, 0.717) is 5.56 Å². The molecule has 19 nitrogen and oxygen atoms in total. The molecule has 0 bridgehead atoms. The first-order valence-electron chi connectivity index (χ1n) is 15.2. The lowest BCUT2D eigenvalue weighted by atomic mass is 10.0. The first kappa shape index (κ1) is 40.7. The van der Waals surface area contributed by atoms with E-state index in [1.54, 1.807) is 0 Å². The van der Waals surface area contributed by atoms with Gasteiger partial charge in [0.1, 0.15) is 23.9 Å². The molecular formula is C31H36FN7O12. The SMILES string of the molecule is NC(=O)CNC(=O)[C@H](Cc1ccc([N+](=O)[O-])cc1)NC(=O)[C@H](Cc1cccc(F)c1)NC(=O)CNC(=O)[C@H](CCC(=O)O)NC(=O)CCC(=O)O. The van der Waals surface area contributed by atoms with E-state index in [-0.39, 0.29) is 24.1 Å². The second kappa shape index (κ2) is 20.1. The topological polar surface area (TPSA) is 306 Å². The van der Waals surface area contributed by atoms with Crippen LogP contribution < -0.4 is 32.3 Å². The normalized spacial score (nSPS) is 12.3. The molecule has 0 aliphatic heterocycles. The Bertz CT molecular complexity index is 1640. The molecule has 3 atom stereocenters. The van der Waals surface area contributed by atoms with Gasteiger partial charge in [0, 0.05) is 37.8 Å². The molecule has 0 aliphatic rings. The molecule has 2 aromatic carbocycles. The van der Waals surface area contributed by atoms with Crippen molar-refractivity contribution in [3.8, 4) is 0 Å². The highest BCUT2D eigenvalue weighted by molar-refractivity contribution is 5.95. The van der Waals surface area contributed by atoms with Crippen molar-refractivity contribution in [2.75, 3.05) is 13.1 Å². The lowest BCUT2D eigenvalue weighted by Crippen LogP contribution is -2.57. The fraction of sp³-hybridized carbons (Fsp3) is 0.355. The molecule has 20 heteroatoms. The summed E-state index contributed by atoms with van der Waals surface area (Å²) in [5, 5.41) is 40.3. The summed E-state index contributed by atoms with van der Waals surface area (Å²) in [5.41, 5.74) is 5.47. The van der Waals surface area contributed by atoms with Crippen LogP contribution in [0.1, 0.15) is 36.8 Å². The van der Waals surface area contributed by atoms with Gasteiger partial charge in [-0.25, -0.2) is 4.39 Å². The van der Waals surface area contributed by atoms with Gasteiger partial charge in [-0.15, -0.1) is 0 Å². The van der Waals surface area contributed by atoms with E-state index >= 15 is 0 Å². The molecule has 0 aliphatic carbocycles. The van der Waals surface area contributed by atoms with Crippen LogP contribution in [0, 0.1) is 15.9 Å². The van der Waals surface area contributed by atoms with E-state index in [2.05, 4.69) is 26.6 Å². The van der Waals surface area contributed by atoms with E-state index in [4.69, 9.17) is 15.9 Å². The number of carbonyl (C=O) groups is 8. The quantitative estimate of drug-likeness (QED) is 0.0536. The third kappa shape index (κ3) is 15.5. The van der Waals surface area contributed by atoms with Crippen molar-refractivity contribution in [2.24, 2.45) is 5.73 Å². The van der Waals surface area contributed by atoms with E-state index < -0.39 is 115 Å². The van der Waals surface area contributed by atoms with Gasteiger partial charge in [-0.05, 0) is 29.7 Å². The van der Waals surface area contributed by atoms with Gasteiger partial charge in [-0.3, -0.25) is 48.5 Å². The number of nitrogens with one attached hydrogen (secondary N) is 5. The minimum atomic E-state index is -1.50. The Morgan fingerprint density at radius 3 is 1.86 bits per heavy atom. The highest BCUT2D eigenvalue weighted by atomic mass is 19.1. The fourth-order valence-corrected chi connectivity index (χ4v) is 4.44. The maximum atomic E-state index is 14.0. The molecule has 0 radical (unpaired) electrons. The van der Waals surface area contributed by atoms with Crippen molar-refractivity contribution in [1.29, 1.82) is 0 Å². The Hall–Kier alpha value is -6.47. The van der Waals surface area contributed by atoms with Gasteiger partial charge in [0.25, 0.3) is 5.69 Å². The zero-order valence-electron chi connectivity index (χ0n) is 26.9. The molecule has 0 saturated carbocycles. The molecule has 2 rings (SSSR count). The number of carboxylic acid groups (broad SMARTS) is 2. The second-order valence-corrected chi connectivity index (χ2v) is 11.0. The van der Waals surface area contributed by atoms with Gasteiger partial charge in [-0.1, -0.05) is 24.3 Å². The fourth-order valence-electron chi connectivity index (χ4n) is 4.44. The number of aliphatic carboxylic acids is 2. The molecule has 51 heavy (non-hydrogen) atoms. The molecular weight excluding hydrogens is 681 g/mol. The molecule has 0 aromatic heterocycles. The third-order valence-corrected chi connectivity index (χ3v) is 6.93. The van der Waals surface area contributed by atoms with Crippen molar-refractivity contribution in [1.82, 2.24) is 26.6 Å². The Balaban J connectivity index is 2.25. The lowest BCUT2D eigenvalue weighted by Gasteiger charge is -2.24. The largest absolute Gasteiger partial charge is 0.481 e. The summed E-state index contributed by atoms with van der Waals surface area (Å²) in [6, 6.07) is 5.67. The number of hydrogen-bond donors (Lipinski definition) is 8. The summed E-state index contributed by atoms with van der Waals surface area (Å²) in [4.78, 5) is 108. The van der Waals surface area contributed by atoms with Gasteiger partial charge in [0.05, 0.1) is 24.4 Å². The molecule has 2 aromatic rings. The number of primary amides is 1. The van der Waals surface area contributed by atoms with Crippen LogP contribution in [0.3, 0.4) is 0 Å². The van der Waals surface area contributed by atoms with Crippen LogP contribution in [0.5, 0.6) is 0 Å². The van der Waals surface area contributed by atoms with Crippen LogP contribution >= 0.6 is 0 Å². The van der Waals surface area contributed by atoms with E-state index in [0.717, 1.165) is 12.1 Å². The minimum absolute atomic E-state index is 0.235. The van der Waals surface area contributed by atoms with Crippen molar-refractivity contribution in [3.63, 3.8) is 0 Å². The van der Waals surface area contributed by atoms with Crippen LogP contribution in [0.4, 0.5) is 10.1 Å². The minimum Gasteiger partial charge on any atom is -0.481 e. The number of benzene rings is 2. The predicted molar refractivity (Wildman–Crippen MR) is 172 cm³/mol. The highest BCUT2D eigenvalue weighted by Gasteiger charge is 2.29. The zero-order chi connectivity index (χ0) is 38.1. The summed E-state index contributed by atoms with van der Waals surface area (Å²) in [6.07, 6.45) is -2.58. The Morgan fingerprint density at radius 2 is 1.27 bits per heavy atom. The van der Waals surface area contributed by atoms with Crippen molar-refractivity contribution in [3.05, 3.63) is 75.6 Å². The maximum absolute atomic E-state index is 14.0. The van der Waals surface area contributed by atoms with Crippen LogP contribution in [0.25, 0.3) is 0 Å². The van der Waals surface area contributed by atoms with Gasteiger partial charge >= 0.3 is 11.9 Å². The number of carboxylic acids is 2. The van der Waals surface area contributed by atoms with Gasteiger partial charge in [0.15, 0.2) is 0 Å². The molecule has 0 heterocycles. The molecule has 0 spiro atoms. The average molecular weight is 718 g/mol. The summed E-state index contributed by atoms with van der Waals surface area (Å²) in [7, 11) is 0. The van der Waals surface area contributed by atoms with E-state index in [9.17, 15) is 52.9 Å². The number of nitrogens with two attached hydrogens (primary N) is 1. The predicted octanol–water partition coefficient (Wildman–Crippen LogP) is -1.58. The van der Waals surface area contributed by atoms with Gasteiger partial charge in [0.2, 0.25) is 35.4 Å². The molecule has 274 valence electrons. The van der Waals surface area contributed by atoms with Crippen molar-refractivity contribution in [2.45, 2.75) is 56.7 Å². The monoisotopic (exact) mass is 717 g/mol. The number of non-ortho nitro benzene ring substituents is 1. The summed E-state index contributed by atoms with van der Waals surface area (Å²) >= 11 is 0. The summed E-state index contributed by atoms with van der Waals surface area (Å²) in [6.45, 7) is -1.40. The van der Waals surface area contributed by atoms with E-state index in [1.165, 1.54) is 36.4 Å². The standard InChI is InChI=1S/C31H36FN7O12/c32-19-3-1-2-18(12-19)14-23(37-26(42)16-35-29(47)21(8-10-27(43)44)36-25(41)9-11-28(45)46)31(49)38-22(30(48)34-15-24(33)40)13-17-4-6-20(7-5-17)39(50)51/h1-7,12,21-23H,8-11,13-16H2,(H2,33,40)(H,34,48)(H,35,47)(H,36,41)(H,37,42)(H,38,49)(H,43,44)(H,45,46)/t21-,22-,23-/m0/s1. The number of nitrogens with zero attached hydrogens (tertiary/aromatic N) is 1. The van der Waals surface area contributed by atoms with Crippen LogP contribution in [0.2, 0.25) is 0 Å². The number of halogens is 1. The lowest BCUT2D eigenvalue weighted by molar-refractivity contribution is -0.384. The number of nitro benzene ring substituents is 1. The zero-order valence-corrected chi connectivity index (χ0v) is 26.9. The summed E-state index contributed by atoms with van der Waals surface area (Å²) in [5.74, 6) is -8.80. The molecule has 0 saturated heterocycles. The van der Waals surface area contributed by atoms with Crippen LogP contribution in [-0.2, 0) is 51.2 Å². The van der Waals surface area contributed by atoms with E-state index in [1.807, 2.05) is 0 Å². The number of hydrogen-bond acceptors (Lipinski definition) is 10. The Morgan fingerprint density at radius 1 is 0.706 bits per heavy atom. The van der Waals surface area contributed by atoms with Gasteiger partial charge in [-0.2, -0.15) is 0 Å². The van der Waals surface area contributed by atoms with Crippen molar-refractivity contribution >= 4 is 53.1 Å². The third-order valence-electron chi connectivity index (χ3n) is 6.93. The first-order valence-corrected chi connectivity index (χ1v) is 15.2. The smallest absolute Gasteiger partial charge is 0.303 e. The summed E-state index contributed by atoms with van der Waals surface area (Å²) < 4.78 is 14.0. The molecule has 0 unspecified atom stereocenters. The molecule has 6 amide bonds. The maximum Gasteiger partial charge on any atom is 0.303 e. The first-order chi connectivity index (χ1) is 24.0. The van der Waals surface area contributed by atoms with Crippen LogP contribution in [0.15, 0.2) is 48.5 Å². The number of rotatable bonds is 21. The average Bonchev–Trinajstić information content (AvgIpc) is 3.06. The number of nitro groups is 1.